The number of benzene rings is 1. The normalized spacial score (nSPS) is 15.9. The van der Waals surface area contributed by atoms with E-state index < -0.39 is 0 Å². The molecule has 3 rings (SSSR count). The van der Waals surface area contributed by atoms with Crippen LogP contribution in [-0.4, -0.2) is 21.1 Å². The van der Waals surface area contributed by atoms with Crippen LogP contribution in [0.5, 0.6) is 0 Å². The number of nitrogens with zero attached hydrogens (tertiary/aromatic N) is 2. The Hall–Kier alpha value is -1.88. The van der Waals surface area contributed by atoms with Crippen molar-refractivity contribution < 1.29 is 4.79 Å². The van der Waals surface area contributed by atoms with Gasteiger partial charge in [0.05, 0.1) is 6.04 Å². The highest BCUT2D eigenvalue weighted by atomic mass is 35.5. The van der Waals surface area contributed by atoms with Gasteiger partial charge in [0.15, 0.2) is 0 Å². The third-order valence-electron chi connectivity index (χ3n) is 3.39. The van der Waals surface area contributed by atoms with Crippen molar-refractivity contribution in [2.45, 2.75) is 31.7 Å². The topological polar surface area (TPSA) is 70.7 Å². The van der Waals surface area contributed by atoms with Crippen LogP contribution in [0.25, 0.3) is 0 Å². The first-order chi connectivity index (χ1) is 9.63. The fraction of sp³-hybridized carbons (Fsp3) is 0.357. The Morgan fingerprint density at radius 3 is 2.75 bits per heavy atom. The van der Waals surface area contributed by atoms with E-state index in [0.717, 1.165) is 24.2 Å². The van der Waals surface area contributed by atoms with Gasteiger partial charge in [0.2, 0.25) is 5.82 Å². The molecule has 1 fully saturated rings. The number of nitrogens with one attached hydrogen (secondary N) is 2. The summed E-state index contributed by atoms with van der Waals surface area (Å²) in [5.74, 6) is 1.20. The third kappa shape index (κ3) is 2.82. The highest BCUT2D eigenvalue weighted by molar-refractivity contribution is 6.30. The minimum absolute atomic E-state index is 0.123. The van der Waals surface area contributed by atoms with Gasteiger partial charge in [0.25, 0.3) is 5.91 Å². The number of carbonyl (C=O) groups excluding carboxylic acids is 1. The lowest BCUT2D eigenvalue weighted by atomic mass is 10.1. The van der Waals surface area contributed by atoms with E-state index in [-0.39, 0.29) is 17.8 Å². The van der Waals surface area contributed by atoms with Crippen molar-refractivity contribution in [3.63, 3.8) is 0 Å². The van der Waals surface area contributed by atoms with Gasteiger partial charge in [-0.2, -0.15) is 0 Å². The van der Waals surface area contributed by atoms with Crippen LogP contribution in [0.3, 0.4) is 0 Å². The first kappa shape index (κ1) is 13.1. The minimum atomic E-state index is -0.268. The molecule has 1 aliphatic carbocycles. The number of carbonyl (C=O) groups is 1. The Kier molecular flexibility index (Phi) is 3.44. The number of rotatable bonds is 4. The zero-order chi connectivity index (χ0) is 14.1. The molecule has 1 atom stereocenters. The maximum Gasteiger partial charge on any atom is 0.291 e. The Morgan fingerprint density at radius 1 is 1.40 bits per heavy atom. The van der Waals surface area contributed by atoms with Crippen LogP contribution in [-0.2, 0) is 0 Å². The van der Waals surface area contributed by atoms with Crippen molar-refractivity contribution in [2.24, 2.45) is 0 Å². The fourth-order valence-electron chi connectivity index (χ4n) is 2.01. The average molecular weight is 291 g/mol. The average Bonchev–Trinajstić information content (AvgIpc) is 3.17. The molecule has 1 aromatic heterocycles. The van der Waals surface area contributed by atoms with E-state index in [1.54, 1.807) is 12.1 Å². The number of amides is 1. The Morgan fingerprint density at radius 2 is 2.10 bits per heavy atom. The van der Waals surface area contributed by atoms with E-state index in [1.807, 2.05) is 19.1 Å². The molecule has 6 heteroatoms. The lowest BCUT2D eigenvalue weighted by Gasteiger charge is -2.12. The largest absolute Gasteiger partial charge is 0.343 e. The molecule has 0 aliphatic heterocycles. The van der Waals surface area contributed by atoms with Crippen molar-refractivity contribution in [3.05, 3.63) is 46.5 Å². The molecule has 1 saturated carbocycles. The Balaban J connectivity index is 1.66. The van der Waals surface area contributed by atoms with Crippen molar-refractivity contribution in [2.75, 3.05) is 0 Å². The predicted octanol–water partition coefficient (Wildman–Crippen LogP) is 2.83. The number of aromatic amines is 1. The van der Waals surface area contributed by atoms with Crippen LogP contribution in [0.4, 0.5) is 0 Å². The molecule has 1 amide bonds. The summed E-state index contributed by atoms with van der Waals surface area (Å²) in [6.07, 6.45) is 2.24. The second-order valence-electron chi connectivity index (χ2n) is 5.07. The van der Waals surface area contributed by atoms with E-state index in [0.29, 0.717) is 10.9 Å². The van der Waals surface area contributed by atoms with E-state index in [1.165, 1.54) is 0 Å². The zero-order valence-corrected chi connectivity index (χ0v) is 11.8. The van der Waals surface area contributed by atoms with Gasteiger partial charge in [-0.05, 0) is 37.5 Å². The van der Waals surface area contributed by atoms with Gasteiger partial charge in [0.1, 0.15) is 5.82 Å². The summed E-state index contributed by atoms with van der Waals surface area (Å²) in [6.45, 7) is 1.91. The summed E-state index contributed by atoms with van der Waals surface area (Å²) in [4.78, 5) is 16.3. The molecular formula is C14H15ClN4O. The van der Waals surface area contributed by atoms with Gasteiger partial charge in [-0.15, -0.1) is 5.10 Å². The maximum atomic E-state index is 12.1. The van der Waals surface area contributed by atoms with E-state index in [9.17, 15) is 4.79 Å². The van der Waals surface area contributed by atoms with Crippen LogP contribution in [0.15, 0.2) is 24.3 Å². The monoisotopic (exact) mass is 290 g/mol. The number of aromatic nitrogens is 3. The SMILES string of the molecule is CC(NC(=O)c1n[nH]c(C2CC2)n1)c1ccc(Cl)cc1. The molecule has 2 aromatic rings. The van der Waals surface area contributed by atoms with Crippen molar-refractivity contribution in [3.8, 4) is 0 Å². The fourth-order valence-corrected chi connectivity index (χ4v) is 2.14. The second kappa shape index (κ2) is 5.25. The van der Waals surface area contributed by atoms with Gasteiger partial charge in [0, 0.05) is 10.9 Å². The molecule has 1 heterocycles. The van der Waals surface area contributed by atoms with E-state index in [2.05, 4.69) is 20.5 Å². The molecule has 1 unspecified atom stereocenters. The first-order valence-electron chi connectivity index (χ1n) is 6.62. The van der Waals surface area contributed by atoms with Crippen LogP contribution in [0.1, 0.15) is 53.7 Å². The lowest BCUT2D eigenvalue weighted by molar-refractivity contribution is 0.0929. The van der Waals surface area contributed by atoms with Crippen molar-refractivity contribution in [1.82, 2.24) is 20.5 Å². The van der Waals surface area contributed by atoms with Crippen LogP contribution in [0, 0.1) is 0 Å². The summed E-state index contributed by atoms with van der Waals surface area (Å²) in [5, 5.41) is 10.4. The molecule has 0 spiro atoms. The Labute approximate surface area is 121 Å². The molecule has 1 aliphatic rings. The van der Waals surface area contributed by atoms with E-state index >= 15 is 0 Å². The van der Waals surface area contributed by atoms with Crippen LogP contribution < -0.4 is 5.32 Å². The van der Waals surface area contributed by atoms with Crippen molar-refractivity contribution >= 4 is 17.5 Å². The minimum Gasteiger partial charge on any atom is -0.343 e. The van der Waals surface area contributed by atoms with E-state index in [4.69, 9.17) is 11.6 Å². The van der Waals surface area contributed by atoms with Gasteiger partial charge in [-0.3, -0.25) is 9.89 Å². The standard InChI is InChI=1S/C14H15ClN4O/c1-8(9-4-6-11(15)7-5-9)16-14(20)13-17-12(18-19-13)10-2-3-10/h4-8,10H,2-3H2,1H3,(H,16,20)(H,17,18,19). The smallest absolute Gasteiger partial charge is 0.291 e. The molecule has 2 N–H and O–H groups in total. The van der Waals surface area contributed by atoms with Crippen LogP contribution >= 0.6 is 11.6 Å². The molecule has 0 radical (unpaired) electrons. The van der Waals surface area contributed by atoms with Crippen molar-refractivity contribution in [1.29, 1.82) is 0 Å². The highest BCUT2D eigenvalue weighted by Gasteiger charge is 2.28. The molecular weight excluding hydrogens is 276 g/mol. The van der Waals surface area contributed by atoms with Gasteiger partial charge in [-0.25, -0.2) is 4.98 Å². The quantitative estimate of drug-likeness (QED) is 0.909. The van der Waals surface area contributed by atoms with Crippen LogP contribution in [0.2, 0.25) is 5.02 Å². The second-order valence-corrected chi connectivity index (χ2v) is 5.50. The highest BCUT2D eigenvalue weighted by Crippen LogP contribution is 2.37. The predicted molar refractivity (Wildman–Crippen MR) is 75.7 cm³/mol. The lowest BCUT2D eigenvalue weighted by Crippen LogP contribution is -2.27. The Bertz CT molecular complexity index is 618. The summed E-state index contributed by atoms with van der Waals surface area (Å²) in [5.41, 5.74) is 0.987. The molecule has 0 bridgehead atoms. The first-order valence-corrected chi connectivity index (χ1v) is 7.00. The number of halogens is 1. The number of H-pyrrole nitrogens is 1. The zero-order valence-electron chi connectivity index (χ0n) is 11.1. The third-order valence-corrected chi connectivity index (χ3v) is 3.64. The summed E-state index contributed by atoms with van der Waals surface area (Å²) >= 11 is 5.84. The summed E-state index contributed by atoms with van der Waals surface area (Å²) < 4.78 is 0. The van der Waals surface area contributed by atoms with Gasteiger partial charge >= 0.3 is 0 Å². The number of hydrogen-bond acceptors (Lipinski definition) is 3. The number of hydrogen-bond donors (Lipinski definition) is 2. The molecule has 5 nitrogen and oxygen atoms in total. The van der Waals surface area contributed by atoms with Gasteiger partial charge < -0.3 is 5.32 Å². The molecule has 0 saturated heterocycles. The summed E-state index contributed by atoms with van der Waals surface area (Å²) in [7, 11) is 0. The molecule has 104 valence electrons. The molecule has 1 aromatic carbocycles. The summed E-state index contributed by atoms with van der Waals surface area (Å²) in [6, 6.07) is 7.26. The molecule has 20 heavy (non-hydrogen) atoms. The van der Waals surface area contributed by atoms with Gasteiger partial charge in [-0.1, -0.05) is 23.7 Å². The maximum absolute atomic E-state index is 12.1.